The molecule has 1 heterocycles. The van der Waals surface area contributed by atoms with Crippen LogP contribution in [-0.4, -0.2) is 29.4 Å². The van der Waals surface area contributed by atoms with Crippen LogP contribution in [0.2, 0.25) is 0 Å². The van der Waals surface area contributed by atoms with Crippen molar-refractivity contribution in [1.82, 2.24) is 0 Å². The van der Waals surface area contributed by atoms with Gasteiger partial charge in [-0.15, -0.1) is 0 Å². The van der Waals surface area contributed by atoms with E-state index in [-0.39, 0.29) is 23.7 Å². The number of carbonyl (C=O) groups excluding carboxylic acids is 3. The molecular weight excluding hydrogens is 466 g/mol. The summed E-state index contributed by atoms with van der Waals surface area (Å²) in [6, 6.07) is 22.8. The molecule has 6 heteroatoms. The number of ether oxygens (including phenoxy) is 1. The van der Waals surface area contributed by atoms with Gasteiger partial charge in [-0.25, -0.2) is 4.79 Å². The number of hydrogen-bond acceptors (Lipinski definition) is 5. The predicted octanol–water partition coefficient (Wildman–Crippen LogP) is 5.91. The molecule has 1 atom stereocenters. The molecule has 1 amide bonds. The van der Waals surface area contributed by atoms with Crippen molar-refractivity contribution in [2.24, 2.45) is 5.92 Å². The van der Waals surface area contributed by atoms with Gasteiger partial charge in [-0.05, 0) is 54.7 Å². The van der Waals surface area contributed by atoms with E-state index in [4.69, 9.17) is 4.74 Å². The Morgan fingerprint density at radius 1 is 0.973 bits per heavy atom. The molecule has 0 saturated heterocycles. The average molecular weight is 498 g/mol. The zero-order valence-electron chi connectivity index (χ0n) is 21.3. The van der Waals surface area contributed by atoms with Gasteiger partial charge in [0, 0.05) is 12.1 Å². The topological polar surface area (TPSA) is 83.9 Å². The number of aliphatic hydroxyl groups excluding tert-OH is 1. The highest BCUT2D eigenvalue weighted by Crippen LogP contribution is 2.41. The zero-order chi connectivity index (χ0) is 26.5. The van der Waals surface area contributed by atoms with Crippen LogP contribution in [0.1, 0.15) is 53.4 Å². The molecule has 1 unspecified atom stereocenters. The first-order chi connectivity index (χ1) is 17.8. The minimum absolute atomic E-state index is 0.0898. The van der Waals surface area contributed by atoms with Gasteiger partial charge < -0.3 is 9.84 Å². The van der Waals surface area contributed by atoms with E-state index >= 15 is 0 Å². The van der Waals surface area contributed by atoms with Gasteiger partial charge in [0.05, 0.1) is 23.8 Å². The maximum absolute atomic E-state index is 13.4. The molecule has 1 aliphatic heterocycles. The minimum Gasteiger partial charge on any atom is -0.503 e. The second kappa shape index (κ2) is 11.2. The number of ketones is 1. The molecule has 0 aliphatic carbocycles. The maximum atomic E-state index is 13.4. The van der Waals surface area contributed by atoms with Crippen molar-refractivity contribution >= 4 is 23.3 Å². The molecule has 0 spiro atoms. The number of esters is 1. The Labute approximate surface area is 217 Å². The maximum Gasteiger partial charge on any atom is 0.338 e. The van der Waals surface area contributed by atoms with Crippen molar-refractivity contribution in [1.29, 1.82) is 0 Å². The van der Waals surface area contributed by atoms with Gasteiger partial charge in [-0.2, -0.15) is 0 Å². The molecule has 3 aromatic rings. The normalized spacial score (nSPS) is 15.4. The van der Waals surface area contributed by atoms with Crippen LogP contribution in [0.15, 0.2) is 90.2 Å². The lowest BCUT2D eigenvalue weighted by molar-refractivity contribution is -0.118. The van der Waals surface area contributed by atoms with Gasteiger partial charge >= 0.3 is 5.97 Å². The number of benzene rings is 3. The largest absolute Gasteiger partial charge is 0.503 e. The van der Waals surface area contributed by atoms with Crippen LogP contribution in [-0.2, 0) is 20.7 Å². The van der Waals surface area contributed by atoms with E-state index in [0.29, 0.717) is 24.3 Å². The van der Waals surface area contributed by atoms with Gasteiger partial charge in [-0.3, -0.25) is 14.5 Å². The highest BCUT2D eigenvalue weighted by molar-refractivity contribution is 6.16. The van der Waals surface area contributed by atoms with Crippen molar-refractivity contribution in [3.8, 4) is 0 Å². The molecule has 0 aromatic heterocycles. The fourth-order valence-corrected chi connectivity index (χ4v) is 4.43. The number of nitrogens with zero attached hydrogens (tertiary/aromatic N) is 1. The SMILES string of the molecule is Cc1cccc(C2C(C(=O)CCc3ccccc3)=C(O)C(=O)N2c2ccc(C(=O)OCC(C)C)cc2)c1. The first-order valence-electron chi connectivity index (χ1n) is 12.4. The van der Waals surface area contributed by atoms with Gasteiger partial charge in [-0.1, -0.05) is 74.0 Å². The van der Waals surface area contributed by atoms with Gasteiger partial charge in [0.2, 0.25) is 0 Å². The Kier molecular flexibility index (Phi) is 7.87. The van der Waals surface area contributed by atoms with Crippen molar-refractivity contribution in [2.45, 2.75) is 39.7 Å². The van der Waals surface area contributed by atoms with Gasteiger partial charge in [0.25, 0.3) is 5.91 Å². The Balaban J connectivity index is 1.66. The monoisotopic (exact) mass is 497 g/mol. The zero-order valence-corrected chi connectivity index (χ0v) is 21.3. The second-order valence-electron chi connectivity index (χ2n) is 9.70. The number of hydrogen-bond donors (Lipinski definition) is 1. The number of Topliss-reactive ketones (excluding diaryl/α,β-unsaturated/α-hetero) is 1. The Hall–Kier alpha value is -4.19. The van der Waals surface area contributed by atoms with E-state index in [0.717, 1.165) is 16.7 Å². The fourth-order valence-electron chi connectivity index (χ4n) is 4.43. The summed E-state index contributed by atoms with van der Waals surface area (Å²) in [6.07, 6.45) is 0.659. The van der Waals surface area contributed by atoms with E-state index < -0.39 is 23.7 Å². The molecule has 190 valence electrons. The van der Waals surface area contributed by atoms with Crippen LogP contribution in [0.4, 0.5) is 5.69 Å². The quantitative estimate of drug-likeness (QED) is 0.372. The summed E-state index contributed by atoms with van der Waals surface area (Å²) in [4.78, 5) is 40.5. The lowest BCUT2D eigenvalue weighted by Gasteiger charge is -2.27. The molecule has 3 aromatic carbocycles. The molecule has 1 aliphatic rings. The summed E-state index contributed by atoms with van der Waals surface area (Å²) >= 11 is 0. The Bertz CT molecular complexity index is 1330. The van der Waals surface area contributed by atoms with Crippen molar-refractivity contribution in [3.05, 3.63) is 112 Å². The van der Waals surface area contributed by atoms with Crippen LogP contribution >= 0.6 is 0 Å². The number of carbonyl (C=O) groups is 3. The van der Waals surface area contributed by atoms with Crippen LogP contribution in [0, 0.1) is 12.8 Å². The molecule has 0 saturated carbocycles. The van der Waals surface area contributed by atoms with Crippen LogP contribution in [0.25, 0.3) is 0 Å². The molecule has 6 nitrogen and oxygen atoms in total. The lowest BCUT2D eigenvalue weighted by atomic mass is 9.92. The number of aliphatic hydroxyl groups is 1. The van der Waals surface area contributed by atoms with E-state index in [1.165, 1.54) is 4.90 Å². The van der Waals surface area contributed by atoms with Crippen LogP contribution in [0.3, 0.4) is 0 Å². The number of amides is 1. The lowest BCUT2D eigenvalue weighted by Crippen LogP contribution is -2.31. The second-order valence-corrected chi connectivity index (χ2v) is 9.70. The van der Waals surface area contributed by atoms with Gasteiger partial charge in [0.15, 0.2) is 11.5 Å². The van der Waals surface area contributed by atoms with Crippen molar-refractivity contribution in [2.75, 3.05) is 11.5 Å². The van der Waals surface area contributed by atoms with E-state index in [1.54, 1.807) is 24.3 Å². The smallest absolute Gasteiger partial charge is 0.338 e. The molecule has 1 N–H and O–H groups in total. The summed E-state index contributed by atoms with van der Waals surface area (Å²) in [5.41, 5.74) is 3.61. The molecular formula is C31H31NO5. The first-order valence-corrected chi connectivity index (χ1v) is 12.4. The molecule has 0 radical (unpaired) electrons. The highest BCUT2D eigenvalue weighted by atomic mass is 16.5. The Morgan fingerprint density at radius 3 is 2.32 bits per heavy atom. The fraction of sp³-hybridized carbons (Fsp3) is 0.258. The third-order valence-corrected chi connectivity index (χ3v) is 6.28. The number of anilines is 1. The summed E-state index contributed by atoms with van der Waals surface area (Å²) < 4.78 is 5.30. The standard InChI is InChI=1S/C31H31NO5/c1-20(2)19-37-31(36)23-13-15-25(16-14-23)32-28(24-11-7-8-21(3)18-24)27(29(34)30(32)35)26(33)17-12-22-9-5-4-6-10-22/h4-11,13-16,18,20,28,34H,12,17,19H2,1-3H3. The van der Waals surface area contributed by atoms with E-state index in [9.17, 15) is 19.5 Å². The molecule has 37 heavy (non-hydrogen) atoms. The summed E-state index contributed by atoms with van der Waals surface area (Å²) in [7, 11) is 0. The molecule has 0 bridgehead atoms. The summed E-state index contributed by atoms with van der Waals surface area (Å²) in [5, 5.41) is 10.9. The highest BCUT2D eigenvalue weighted by Gasteiger charge is 2.44. The Morgan fingerprint density at radius 2 is 1.68 bits per heavy atom. The summed E-state index contributed by atoms with van der Waals surface area (Å²) in [6.45, 7) is 6.16. The average Bonchev–Trinajstić information content (AvgIpc) is 3.17. The number of aryl methyl sites for hydroxylation is 2. The molecule has 4 rings (SSSR count). The van der Waals surface area contributed by atoms with Crippen LogP contribution in [0.5, 0.6) is 0 Å². The number of rotatable bonds is 9. The first kappa shape index (κ1) is 25.9. The van der Waals surface area contributed by atoms with Crippen LogP contribution < -0.4 is 4.90 Å². The van der Waals surface area contributed by atoms with E-state index in [1.807, 2.05) is 75.4 Å². The van der Waals surface area contributed by atoms with Gasteiger partial charge in [0.1, 0.15) is 0 Å². The third kappa shape index (κ3) is 5.80. The third-order valence-electron chi connectivity index (χ3n) is 6.28. The van der Waals surface area contributed by atoms with Crippen molar-refractivity contribution in [3.63, 3.8) is 0 Å². The predicted molar refractivity (Wildman–Crippen MR) is 142 cm³/mol. The van der Waals surface area contributed by atoms with Crippen molar-refractivity contribution < 1.29 is 24.2 Å². The molecule has 0 fully saturated rings. The minimum atomic E-state index is -0.783. The summed E-state index contributed by atoms with van der Waals surface area (Å²) in [5.74, 6) is -1.69. The van der Waals surface area contributed by atoms with E-state index in [2.05, 4.69) is 0 Å².